The maximum absolute atomic E-state index is 9.79. The fourth-order valence-electron chi connectivity index (χ4n) is 0.0695. The molecule has 1 radical (unpaired) electrons. The van der Waals surface area contributed by atoms with Gasteiger partial charge in [0.25, 0.3) is 0 Å². The molecule has 0 fully saturated rings. The highest BCUT2D eigenvalue weighted by Gasteiger charge is 1.92. The van der Waals surface area contributed by atoms with Gasteiger partial charge in [-0.05, 0) is 0 Å². The van der Waals surface area contributed by atoms with Crippen molar-refractivity contribution in [3.8, 4) is 6.19 Å². The zero-order chi connectivity index (χ0) is 5.91. The van der Waals surface area contributed by atoms with Crippen molar-refractivity contribution in [3.63, 3.8) is 0 Å². The Bertz CT molecular complexity index is 174. The van der Waals surface area contributed by atoms with Crippen LogP contribution in [0.25, 0.3) is 0 Å². The van der Waals surface area contributed by atoms with E-state index >= 15 is 0 Å². The maximum Gasteiger partial charge on any atom is 0.241 e. The molecule has 0 saturated heterocycles. The molecule has 0 atom stereocenters. The Kier molecular flexibility index (Phi) is 1.60. The molecular weight excluding hydrogens is 116 g/mol. The number of hydrogen-bond donors (Lipinski definition) is 1. The van der Waals surface area contributed by atoms with Crippen LogP contribution in [0.4, 0.5) is 0 Å². The lowest BCUT2D eigenvalue weighted by atomic mass is 11.5. The normalized spacial score (nSPS) is 9.71. The minimum absolute atomic E-state index is 1.21. The minimum atomic E-state index is -3.54. The summed E-state index contributed by atoms with van der Waals surface area (Å²) in [6, 6.07) is 0. The fraction of sp³-hybridized carbons (Fsp3) is 0. The molecule has 0 aliphatic rings. The third-order valence-electron chi connectivity index (χ3n) is 0.201. The van der Waals surface area contributed by atoms with Crippen molar-refractivity contribution >= 4 is 10.0 Å². The summed E-state index contributed by atoms with van der Waals surface area (Å²) >= 11 is 0. The molecule has 0 heterocycles. The Morgan fingerprint density at radius 3 is 2.14 bits per heavy atom. The average Bonchev–Trinajstić information content (AvgIpc) is 1.30. The van der Waals surface area contributed by atoms with E-state index in [-0.39, 0.29) is 0 Å². The third-order valence-corrected chi connectivity index (χ3v) is 0.603. The summed E-state index contributed by atoms with van der Waals surface area (Å²) in [5, 5.41) is 7.62. The van der Waals surface area contributed by atoms with Gasteiger partial charge in [-0.1, -0.05) is 0 Å². The van der Waals surface area contributed by atoms with Crippen LogP contribution in [0, 0.1) is 17.7 Å². The lowest BCUT2D eigenvalue weighted by Gasteiger charge is -1.83. The lowest BCUT2D eigenvalue weighted by Crippen LogP contribution is -2.12. The molecule has 0 amide bonds. The predicted octanol–water partition coefficient (Wildman–Crippen LogP) is -0.822. The number of nitriles is 1. The fourth-order valence-corrected chi connectivity index (χ4v) is 0.209. The molecule has 0 bridgehead atoms. The van der Waals surface area contributed by atoms with Crippen LogP contribution >= 0.6 is 0 Å². The van der Waals surface area contributed by atoms with E-state index in [0.717, 1.165) is 0 Å². The van der Waals surface area contributed by atoms with Crippen LogP contribution in [0.1, 0.15) is 0 Å². The van der Waals surface area contributed by atoms with Crippen molar-refractivity contribution in [2.75, 3.05) is 0 Å². The standard InChI is InChI=1S/C2H3N2O2S/c1-7(5,6)4-2-3/h4H,1H2. The molecule has 39 valence electrons. The lowest BCUT2D eigenvalue weighted by molar-refractivity contribution is 0.600. The van der Waals surface area contributed by atoms with Gasteiger partial charge in [0.15, 0.2) is 6.19 Å². The van der Waals surface area contributed by atoms with E-state index in [9.17, 15) is 8.42 Å². The van der Waals surface area contributed by atoms with Gasteiger partial charge in [0.05, 0.1) is 6.26 Å². The maximum atomic E-state index is 9.79. The van der Waals surface area contributed by atoms with Crippen molar-refractivity contribution in [1.29, 1.82) is 5.26 Å². The van der Waals surface area contributed by atoms with Crippen LogP contribution in [-0.2, 0) is 10.0 Å². The van der Waals surface area contributed by atoms with Gasteiger partial charge in [0.2, 0.25) is 10.0 Å². The summed E-state index contributed by atoms with van der Waals surface area (Å²) in [7, 11) is -3.54. The molecule has 1 N–H and O–H groups in total. The first-order chi connectivity index (χ1) is 3.06. The van der Waals surface area contributed by atoms with Crippen LogP contribution in [0.5, 0.6) is 0 Å². The Hall–Kier alpha value is -0.760. The number of sulfonamides is 1. The molecule has 0 saturated carbocycles. The van der Waals surface area contributed by atoms with Gasteiger partial charge in [0, 0.05) is 0 Å². The van der Waals surface area contributed by atoms with E-state index in [1.807, 2.05) is 0 Å². The molecule has 0 aromatic rings. The molecule has 7 heavy (non-hydrogen) atoms. The second kappa shape index (κ2) is 1.80. The Morgan fingerprint density at radius 2 is 2.14 bits per heavy atom. The van der Waals surface area contributed by atoms with Gasteiger partial charge in [-0.3, -0.25) is 0 Å². The van der Waals surface area contributed by atoms with Crippen molar-refractivity contribution in [1.82, 2.24) is 4.72 Å². The molecular formula is C2H3N2O2S. The van der Waals surface area contributed by atoms with E-state index in [1.165, 1.54) is 10.9 Å². The van der Waals surface area contributed by atoms with Gasteiger partial charge in [-0.15, -0.1) is 0 Å². The third kappa shape index (κ3) is 5.24. The smallest absolute Gasteiger partial charge is 0.219 e. The molecule has 0 rings (SSSR count). The Morgan fingerprint density at radius 1 is 1.71 bits per heavy atom. The number of nitrogens with zero attached hydrogens (tertiary/aromatic N) is 1. The Labute approximate surface area is 41.8 Å². The predicted molar refractivity (Wildman–Crippen MR) is 23.0 cm³/mol. The van der Waals surface area contributed by atoms with Gasteiger partial charge in [0.1, 0.15) is 0 Å². The van der Waals surface area contributed by atoms with Crippen LogP contribution < -0.4 is 4.72 Å². The van der Waals surface area contributed by atoms with Crippen molar-refractivity contribution in [3.05, 3.63) is 6.26 Å². The van der Waals surface area contributed by atoms with Crippen molar-refractivity contribution < 1.29 is 8.42 Å². The summed E-state index contributed by atoms with van der Waals surface area (Å²) < 4.78 is 21.0. The SMILES string of the molecule is [CH2]S(=O)(=O)NC#N. The summed E-state index contributed by atoms with van der Waals surface area (Å²) in [6.07, 6.45) is 3.81. The highest BCUT2D eigenvalue weighted by Crippen LogP contribution is 1.69. The van der Waals surface area contributed by atoms with E-state index in [0.29, 0.717) is 0 Å². The molecule has 0 unspecified atom stereocenters. The second-order valence-corrected chi connectivity index (χ2v) is 2.26. The first-order valence-corrected chi connectivity index (χ1v) is 2.95. The zero-order valence-electron chi connectivity index (χ0n) is 3.38. The van der Waals surface area contributed by atoms with Crippen LogP contribution in [0.3, 0.4) is 0 Å². The summed E-state index contributed by atoms with van der Waals surface area (Å²) in [5.41, 5.74) is 0. The largest absolute Gasteiger partial charge is 0.241 e. The van der Waals surface area contributed by atoms with E-state index in [2.05, 4.69) is 6.26 Å². The first-order valence-electron chi connectivity index (χ1n) is 1.30. The summed E-state index contributed by atoms with van der Waals surface area (Å²) in [5.74, 6) is 0. The van der Waals surface area contributed by atoms with E-state index < -0.39 is 10.0 Å². The minimum Gasteiger partial charge on any atom is -0.219 e. The highest BCUT2D eigenvalue weighted by atomic mass is 32.2. The molecule has 0 aliphatic carbocycles. The van der Waals surface area contributed by atoms with Gasteiger partial charge >= 0.3 is 0 Å². The van der Waals surface area contributed by atoms with Crippen LogP contribution in [0.2, 0.25) is 0 Å². The Balaban J connectivity index is 3.92. The number of nitrogens with one attached hydrogen (secondary N) is 1. The highest BCUT2D eigenvalue weighted by molar-refractivity contribution is 7.90. The van der Waals surface area contributed by atoms with Crippen LogP contribution in [-0.4, -0.2) is 8.42 Å². The summed E-state index contributed by atoms with van der Waals surface area (Å²) in [4.78, 5) is 0. The average molecular weight is 119 g/mol. The van der Waals surface area contributed by atoms with Gasteiger partial charge < -0.3 is 0 Å². The first kappa shape index (κ1) is 6.24. The monoisotopic (exact) mass is 119 g/mol. The van der Waals surface area contributed by atoms with Crippen LogP contribution in [0.15, 0.2) is 0 Å². The second-order valence-electron chi connectivity index (χ2n) is 0.829. The van der Waals surface area contributed by atoms with Gasteiger partial charge in [-0.25, -0.2) is 13.1 Å². The molecule has 4 nitrogen and oxygen atoms in total. The molecule has 0 aromatic carbocycles. The molecule has 0 aromatic heterocycles. The zero-order valence-corrected chi connectivity index (χ0v) is 4.20. The van der Waals surface area contributed by atoms with Gasteiger partial charge in [-0.2, -0.15) is 5.26 Å². The van der Waals surface area contributed by atoms with Crippen molar-refractivity contribution in [2.45, 2.75) is 0 Å². The molecule has 0 spiro atoms. The van der Waals surface area contributed by atoms with E-state index in [4.69, 9.17) is 5.26 Å². The quantitative estimate of drug-likeness (QED) is 0.362. The topological polar surface area (TPSA) is 70.0 Å². The van der Waals surface area contributed by atoms with E-state index in [1.54, 1.807) is 0 Å². The number of rotatable bonds is 1. The summed E-state index contributed by atoms with van der Waals surface area (Å²) in [6.45, 7) is 0. The molecule has 5 heteroatoms. The molecule has 0 aliphatic heterocycles. The number of hydrogen-bond acceptors (Lipinski definition) is 3. The van der Waals surface area contributed by atoms with Crippen molar-refractivity contribution in [2.24, 2.45) is 0 Å².